The van der Waals surface area contributed by atoms with E-state index in [2.05, 4.69) is 0 Å². The first-order valence-corrected chi connectivity index (χ1v) is 3.16. The number of hydrogen-bond donors (Lipinski definition) is 0. The van der Waals surface area contributed by atoms with Crippen molar-refractivity contribution in [2.24, 2.45) is 0 Å². The van der Waals surface area contributed by atoms with Gasteiger partial charge in [-0.25, -0.2) is 0 Å². The van der Waals surface area contributed by atoms with Crippen molar-refractivity contribution in [3.05, 3.63) is 12.3 Å². The fourth-order valence-corrected chi connectivity index (χ4v) is 0.780. The maximum Gasteiger partial charge on any atom is 0.243 e. The average molecular weight is 140 g/mol. The van der Waals surface area contributed by atoms with Gasteiger partial charge in [0.1, 0.15) is 0 Å². The van der Waals surface area contributed by atoms with Crippen LogP contribution in [0.1, 0.15) is 13.3 Å². The SMILES string of the molecule is CC[C@H]1OC=CC(=O)C1=O. The number of carbonyl (C=O) groups excluding carboxylic acids is 2. The molecule has 0 N–H and O–H groups in total. The molecule has 54 valence electrons. The van der Waals surface area contributed by atoms with Gasteiger partial charge in [-0.3, -0.25) is 9.59 Å². The molecule has 0 aliphatic carbocycles. The van der Waals surface area contributed by atoms with Crippen LogP contribution in [-0.2, 0) is 14.3 Å². The van der Waals surface area contributed by atoms with E-state index in [9.17, 15) is 9.59 Å². The highest BCUT2D eigenvalue weighted by Gasteiger charge is 2.25. The molecular weight excluding hydrogens is 132 g/mol. The van der Waals surface area contributed by atoms with E-state index in [4.69, 9.17) is 4.74 Å². The van der Waals surface area contributed by atoms with Crippen LogP contribution < -0.4 is 0 Å². The van der Waals surface area contributed by atoms with E-state index in [0.29, 0.717) is 6.42 Å². The van der Waals surface area contributed by atoms with Crippen molar-refractivity contribution in [3.63, 3.8) is 0 Å². The fraction of sp³-hybridized carbons (Fsp3) is 0.429. The first kappa shape index (κ1) is 6.99. The van der Waals surface area contributed by atoms with Crippen molar-refractivity contribution in [2.45, 2.75) is 19.4 Å². The fourth-order valence-electron chi connectivity index (χ4n) is 0.780. The summed E-state index contributed by atoms with van der Waals surface area (Å²) in [6.07, 6.45) is 2.43. The number of ketones is 2. The molecule has 0 aromatic rings. The highest BCUT2D eigenvalue weighted by atomic mass is 16.5. The molecule has 0 fully saturated rings. The van der Waals surface area contributed by atoms with Crippen LogP contribution in [0.5, 0.6) is 0 Å². The third-order valence-electron chi connectivity index (χ3n) is 1.37. The van der Waals surface area contributed by atoms with Gasteiger partial charge in [0.25, 0.3) is 0 Å². The average Bonchev–Trinajstić information content (AvgIpc) is 1.95. The van der Waals surface area contributed by atoms with E-state index in [1.807, 2.05) is 0 Å². The molecule has 0 spiro atoms. The minimum absolute atomic E-state index is 0.440. The van der Waals surface area contributed by atoms with Crippen molar-refractivity contribution in [1.82, 2.24) is 0 Å². The highest BCUT2D eigenvalue weighted by molar-refractivity contribution is 6.43. The Morgan fingerprint density at radius 2 is 2.30 bits per heavy atom. The van der Waals surface area contributed by atoms with E-state index < -0.39 is 17.7 Å². The number of hydrogen-bond acceptors (Lipinski definition) is 3. The van der Waals surface area contributed by atoms with Crippen molar-refractivity contribution >= 4 is 11.6 Å². The molecule has 0 unspecified atom stereocenters. The van der Waals surface area contributed by atoms with Crippen molar-refractivity contribution < 1.29 is 14.3 Å². The summed E-state index contributed by atoms with van der Waals surface area (Å²) < 4.78 is 4.86. The molecule has 0 bridgehead atoms. The van der Waals surface area contributed by atoms with Crippen LogP contribution in [0.2, 0.25) is 0 Å². The maximum absolute atomic E-state index is 10.8. The molecule has 0 aromatic carbocycles. The lowest BCUT2D eigenvalue weighted by Crippen LogP contribution is -2.31. The van der Waals surface area contributed by atoms with Crippen molar-refractivity contribution in [3.8, 4) is 0 Å². The van der Waals surface area contributed by atoms with Crippen LogP contribution in [0.25, 0.3) is 0 Å². The lowest BCUT2D eigenvalue weighted by molar-refractivity contribution is -0.141. The van der Waals surface area contributed by atoms with Crippen molar-refractivity contribution in [1.29, 1.82) is 0 Å². The van der Waals surface area contributed by atoms with Gasteiger partial charge in [0, 0.05) is 6.08 Å². The Morgan fingerprint density at radius 3 is 2.80 bits per heavy atom. The van der Waals surface area contributed by atoms with Crippen LogP contribution >= 0.6 is 0 Å². The summed E-state index contributed by atoms with van der Waals surface area (Å²) in [5.74, 6) is -0.900. The summed E-state index contributed by atoms with van der Waals surface area (Å²) in [6, 6.07) is 0. The molecule has 3 nitrogen and oxygen atoms in total. The second-order valence-electron chi connectivity index (χ2n) is 2.06. The molecule has 0 radical (unpaired) electrons. The summed E-state index contributed by atoms with van der Waals surface area (Å²) in [7, 11) is 0. The van der Waals surface area contributed by atoms with Crippen LogP contribution in [0, 0.1) is 0 Å². The second-order valence-corrected chi connectivity index (χ2v) is 2.06. The molecule has 0 aromatic heterocycles. The molecule has 1 rings (SSSR count). The molecule has 0 amide bonds. The molecule has 1 atom stereocenters. The predicted molar refractivity (Wildman–Crippen MR) is 34.3 cm³/mol. The van der Waals surface area contributed by atoms with E-state index >= 15 is 0 Å². The Labute approximate surface area is 58.7 Å². The maximum atomic E-state index is 10.8. The number of carbonyl (C=O) groups is 2. The summed E-state index contributed by atoms with van der Waals surface area (Å²) >= 11 is 0. The lowest BCUT2D eigenvalue weighted by Gasteiger charge is -2.14. The van der Waals surface area contributed by atoms with E-state index in [0.717, 1.165) is 6.08 Å². The zero-order valence-electron chi connectivity index (χ0n) is 5.66. The molecule has 0 saturated carbocycles. The first-order valence-electron chi connectivity index (χ1n) is 3.16. The number of allylic oxidation sites excluding steroid dienone is 1. The van der Waals surface area contributed by atoms with Crippen molar-refractivity contribution in [2.75, 3.05) is 0 Å². The van der Waals surface area contributed by atoms with E-state index in [1.54, 1.807) is 6.92 Å². The summed E-state index contributed by atoms with van der Waals surface area (Å²) in [6.45, 7) is 1.80. The summed E-state index contributed by atoms with van der Waals surface area (Å²) in [4.78, 5) is 21.5. The summed E-state index contributed by atoms with van der Waals surface area (Å²) in [5, 5.41) is 0. The third kappa shape index (κ3) is 1.07. The zero-order valence-corrected chi connectivity index (χ0v) is 5.66. The van der Waals surface area contributed by atoms with Crippen LogP contribution in [-0.4, -0.2) is 17.7 Å². The largest absolute Gasteiger partial charge is 0.490 e. The Hall–Kier alpha value is -1.12. The molecule has 1 aliphatic rings. The summed E-state index contributed by atoms with van der Waals surface area (Å²) in [5.41, 5.74) is 0. The minimum Gasteiger partial charge on any atom is -0.490 e. The molecule has 10 heavy (non-hydrogen) atoms. The normalized spacial score (nSPS) is 24.7. The third-order valence-corrected chi connectivity index (χ3v) is 1.37. The van der Waals surface area contributed by atoms with Gasteiger partial charge in [0.2, 0.25) is 11.6 Å². The van der Waals surface area contributed by atoms with Crippen LogP contribution in [0.15, 0.2) is 12.3 Å². The van der Waals surface area contributed by atoms with Gasteiger partial charge in [0.15, 0.2) is 6.10 Å². The van der Waals surface area contributed by atoms with Gasteiger partial charge in [-0.1, -0.05) is 6.92 Å². The molecule has 1 aliphatic heterocycles. The minimum atomic E-state index is -0.544. The number of ether oxygens (including phenoxy) is 1. The van der Waals surface area contributed by atoms with E-state index in [1.165, 1.54) is 6.26 Å². The quantitative estimate of drug-likeness (QED) is 0.496. The first-order chi connectivity index (χ1) is 4.75. The van der Waals surface area contributed by atoms with Gasteiger partial charge < -0.3 is 4.74 Å². The Kier molecular flexibility index (Phi) is 1.85. The van der Waals surface area contributed by atoms with Gasteiger partial charge in [-0.05, 0) is 6.42 Å². The van der Waals surface area contributed by atoms with Gasteiger partial charge in [0.05, 0.1) is 6.26 Å². The Balaban J connectivity index is 2.74. The smallest absolute Gasteiger partial charge is 0.243 e. The van der Waals surface area contributed by atoms with Crippen LogP contribution in [0.4, 0.5) is 0 Å². The standard InChI is InChI=1S/C7H8O3/c1-2-6-7(9)5(8)3-4-10-6/h3-4,6H,2H2,1H3/t6-/m1/s1. The monoisotopic (exact) mass is 140 g/mol. The Morgan fingerprint density at radius 1 is 1.60 bits per heavy atom. The zero-order chi connectivity index (χ0) is 7.56. The molecule has 0 saturated heterocycles. The number of Topliss-reactive ketones (excluding diaryl/α,β-unsaturated/α-hetero) is 1. The Bertz CT molecular complexity index is 193. The van der Waals surface area contributed by atoms with E-state index in [-0.39, 0.29) is 0 Å². The topological polar surface area (TPSA) is 43.4 Å². The van der Waals surface area contributed by atoms with Gasteiger partial charge in [-0.2, -0.15) is 0 Å². The lowest BCUT2D eigenvalue weighted by atomic mass is 10.1. The van der Waals surface area contributed by atoms with Gasteiger partial charge >= 0.3 is 0 Å². The van der Waals surface area contributed by atoms with Gasteiger partial charge in [-0.15, -0.1) is 0 Å². The molecule has 3 heteroatoms. The number of rotatable bonds is 1. The molecule has 1 heterocycles. The predicted octanol–water partition coefficient (Wildman–Crippen LogP) is 0.447. The second kappa shape index (κ2) is 2.64. The highest BCUT2D eigenvalue weighted by Crippen LogP contribution is 2.06. The van der Waals surface area contributed by atoms with Crippen LogP contribution in [0.3, 0.4) is 0 Å². The molecular formula is C7H8O3.